The Morgan fingerprint density at radius 1 is 1.26 bits per heavy atom. The molecule has 0 heterocycles. The molecule has 0 amide bonds. The fourth-order valence-electron chi connectivity index (χ4n) is 1.82. The van der Waals surface area contributed by atoms with Crippen LogP contribution in [0.3, 0.4) is 0 Å². The molecule has 0 saturated heterocycles. The maximum absolute atomic E-state index is 12.1. The van der Waals surface area contributed by atoms with Crippen molar-refractivity contribution < 1.29 is 18.5 Å². The molecule has 5 heteroatoms. The Morgan fingerprint density at radius 2 is 1.95 bits per heavy atom. The molecule has 19 heavy (non-hydrogen) atoms. The van der Waals surface area contributed by atoms with Crippen LogP contribution in [0.15, 0.2) is 54.6 Å². The van der Waals surface area contributed by atoms with E-state index in [2.05, 4.69) is 0 Å². The van der Waals surface area contributed by atoms with Crippen molar-refractivity contribution in [2.45, 2.75) is 19.4 Å². The van der Waals surface area contributed by atoms with Gasteiger partial charge in [-0.2, -0.15) is 0 Å². The number of phosphoric ester groups is 1. The molecule has 0 fully saturated rings. The van der Waals surface area contributed by atoms with Crippen LogP contribution in [0.25, 0.3) is 0 Å². The van der Waals surface area contributed by atoms with E-state index >= 15 is 0 Å². The number of hydrogen-bond donors (Lipinski definition) is 1. The van der Waals surface area contributed by atoms with Crippen molar-refractivity contribution in [1.29, 1.82) is 0 Å². The summed E-state index contributed by atoms with van der Waals surface area (Å²) < 4.78 is 22.4. The van der Waals surface area contributed by atoms with E-state index < -0.39 is 13.4 Å². The Kier molecular flexibility index (Phi) is 3.95. The molecule has 1 aliphatic rings. The lowest BCUT2D eigenvalue weighted by molar-refractivity contribution is 0.0628. The van der Waals surface area contributed by atoms with Crippen molar-refractivity contribution in [2.24, 2.45) is 5.92 Å². The van der Waals surface area contributed by atoms with E-state index in [1.165, 1.54) is 0 Å². The van der Waals surface area contributed by atoms with Gasteiger partial charge in [-0.25, -0.2) is 4.57 Å². The van der Waals surface area contributed by atoms with E-state index in [0.717, 1.165) is 0 Å². The van der Waals surface area contributed by atoms with Gasteiger partial charge in [0, 0.05) is 5.92 Å². The van der Waals surface area contributed by atoms with Crippen LogP contribution in [-0.4, -0.2) is 10.5 Å². The summed E-state index contributed by atoms with van der Waals surface area (Å²) >= 11 is 0. The molecule has 0 aromatic heterocycles. The summed E-state index contributed by atoms with van der Waals surface area (Å²) in [5, 5.41) is 0. The second kappa shape index (κ2) is 5.33. The molecule has 1 aromatic carbocycles. The molecule has 0 radical (unpaired) electrons. The highest BCUT2D eigenvalue weighted by Gasteiger charge is 2.38. The highest BCUT2D eigenvalue weighted by Crippen LogP contribution is 2.50. The first-order valence-electron chi connectivity index (χ1n) is 6.05. The number of rotatable bonds is 4. The fraction of sp³-hybridized carbons (Fsp3) is 0.286. The van der Waals surface area contributed by atoms with Crippen molar-refractivity contribution in [1.82, 2.24) is 0 Å². The standard InChI is InChI=1S/C14H17O4P/c1-12-8-6-7-11-14(12,2)18-19(15,16)17-13-9-4-3-5-10-13/h3-12H,1-2H3,(H,15,16). The highest BCUT2D eigenvalue weighted by atomic mass is 31.2. The summed E-state index contributed by atoms with van der Waals surface area (Å²) in [6, 6.07) is 8.46. The summed E-state index contributed by atoms with van der Waals surface area (Å²) in [5.41, 5.74) is -0.853. The molecular weight excluding hydrogens is 263 g/mol. The molecular formula is C14H17O4P. The third-order valence-electron chi connectivity index (χ3n) is 3.12. The predicted molar refractivity (Wildman–Crippen MR) is 73.8 cm³/mol. The van der Waals surface area contributed by atoms with Crippen molar-refractivity contribution in [3.8, 4) is 5.75 Å². The minimum absolute atomic E-state index is 0.0163. The van der Waals surface area contributed by atoms with Crippen LogP contribution in [0.4, 0.5) is 0 Å². The van der Waals surface area contributed by atoms with Gasteiger partial charge in [0.1, 0.15) is 11.4 Å². The fourth-order valence-corrected chi connectivity index (χ4v) is 2.97. The smallest absolute Gasteiger partial charge is 0.404 e. The summed E-state index contributed by atoms with van der Waals surface area (Å²) in [6.45, 7) is 3.68. The Morgan fingerprint density at radius 3 is 2.58 bits per heavy atom. The van der Waals surface area contributed by atoms with E-state index in [1.807, 2.05) is 19.1 Å². The zero-order chi connectivity index (χ0) is 13.9. The molecule has 1 aromatic rings. The van der Waals surface area contributed by atoms with E-state index in [1.54, 1.807) is 49.4 Å². The van der Waals surface area contributed by atoms with Gasteiger partial charge in [-0.1, -0.05) is 49.4 Å². The molecule has 3 atom stereocenters. The summed E-state index contributed by atoms with van der Waals surface area (Å²) in [4.78, 5) is 9.86. The van der Waals surface area contributed by atoms with Crippen molar-refractivity contribution in [2.75, 3.05) is 0 Å². The van der Waals surface area contributed by atoms with Gasteiger partial charge in [-0.15, -0.1) is 0 Å². The van der Waals surface area contributed by atoms with Crippen molar-refractivity contribution >= 4 is 7.82 Å². The zero-order valence-electron chi connectivity index (χ0n) is 10.9. The average Bonchev–Trinajstić information content (AvgIpc) is 2.33. The number of phosphoric acid groups is 1. The van der Waals surface area contributed by atoms with E-state index in [9.17, 15) is 9.46 Å². The third-order valence-corrected chi connectivity index (χ3v) is 4.18. The van der Waals surface area contributed by atoms with Crippen LogP contribution in [0.5, 0.6) is 5.75 Å². The second-order valence-corrected chi connectivity index (χ2v) is 5.98. The Labute approximate surface area is 113 Å². The van der Waals surface area contributed by atoms with Gasteiger partial charge >= 0.3 is 7.82 Å². The molecule has 0 saturated carbocycles. The lowest BCUT2D eigenvalue weighted by atomic mass is 9.87. The minimum Gasteiger partial charge on any atom is -0.404 e. The van der Waals surface area contributed by atoms with Crippen molar-refractivity contribution in [3.63, 3.8) is 0 Å². The number of hydrogen-bond acceptors (Lipinski definition) is 3. The predicted octanol–water partition coefficient (Wildman–Crippen LogP) is 3.70. The third kappa shape index (κ3) is 3.57. The van der Waals surface area contributed by atoms with Crippen LogP contribution in [-0.2, 0) is 9.09 Å². The Balaban J connectivity index is 2.11. The Hall–Kier alpha value is -1.35. The first-order chi connectivity index (χ1) is 8.91. The van der Waals surface area contributed by atoms with Crippen LogP contribution >= 0.6 is 7.82 Å². The monoisotopic (exact) mass is 280 g/mol. The van der Waals surface area contributed by atoms with E-state index in [-0.39, 0.29) is 5.92 Å². The van der Waals surface area contributed by atoms with Crippen molar-refractivity contribution in [3.05, 3.63) is 54.6 Å². The first kappa shape index (κ1) is 14.1. The molecule has 3 unspecified atom stereocenters. The highest BCUT2D eigenvalue weighted by molar-refractivity contribution is 7.47. The van der Waals surface area contributed by atoms with E-state index in [0.29, 0.717) is 5.75 Å². The average molecular weight is 280 g/mol. The van der Waals surface area contributed by atoms with Gasteiger partial charge in [0.2, 0.25) is 0 Å². The quantitative estimate of drug-likeness (QED) is 0.854. The van der Waals surface area contributed by atoms with Gasteiger partial charge in [0.15, 0.2) is 0 Å². The topological polar surface area (TPSA) is 55.8 Å². The molecule has 1 aliphatic carbocycles. The molecule has 1 N–H and O–H groups in total. The van der Waals surface area contributed by atoms with E-state index in [4.69, 9.17) is 9.05 Å². The maximum atomic E-state index is 12.1. The van der Waals surface area contributed by atoms with Gasteiger partial charge in [-0.3, -0.25) is 9.42 Å². The number of para-hydroxylation sites is 1. The second-order valence-electron chi connectivity index (χ2n) is 4.68. The summed E-state index contributed by atoms with van der Waals surface area (Å²) in [6.07, 6.45) is 7.36. The first-order valence-corrected chi connectivity index (χ1v) is 7.55. The zero-order valence-corrected chi connectivity index (χ0v) is 11.8. The van der Waals surface area contributed by atoms with Crippen LogP contribution in [0.1, 0.15) is 13.8 Å². The molecule has 2 rings (SSSR count). The molecule has 0 aliphatic heterocycles. The summed E-state index contributed by atoms with van der Waals surface area (Å²) in [7, 11) is -4.17. The minimum atomic E-state index is -4.17. The van der Waals surface area contributed by atoms with Gasteiger partial charge < -0.3 is 4.52 Å². The molecule has 0 spiro atoms. The molecule has 0 bridgehead atoms. The van der Waals surface area contributed by atoms with Gasteiger partial charge in [-0.05, 0) is 19.1 Å². The molecule has 4 nitrogen and oxygen atoms in total. The van der Waals surface area contributed by atoms with Crippen LogP contribution in [0.2, 0.25) is 0 Å². The molecule has 102 valence electrons. The van der Waals surface area contributed by atoms with Crippen LogP contribution in [0, 0.1) is 5.92 Å². The largest absolute Gasteiger partial charge is 0.528 e. The lowest BCUT2D eigenvalue weighted by Gasteiger charge is -2.33. The lowest BCUT2D eigenvalue weighted by Crippen LogP contribution is -2.33. The Bertz CT molecular complexity index is 538. The number of benzene rings is 1. The van der Waals surface area contributed by atoms with Gasteiger partial charge in [0.05, 0.1) is 0 Å². The summed E-state index contributed by atoms with van der Waals surface area (Å²) in [5.74, 6) is 0.289. The SMILES string of the molecule is CC1C=CC=CC1(C)OP(=O)(O)Oc1ccccc1. The maximum Gasteiger partial charge on any atom is 0.528 e. The number of allylic oxidation sites excluding steroid dienone is 2. The normalized spacial score (nSPS) is 28.9. The van der Waals surface area contributed by atoms with Gasteiger partial charge in [0.25, 0.3) is 0 Å². The van der Waals surface area contributed by atoms with Crippen LogP contribution < -0.4 is 4.52 Å².